The van der Waals surface area contributed by atoms with Crippen molar-refractivity contribution in [3.63, 3.8) is 0 Å². The monoisotopic (exact) mass is 196 g/mol. The Labute approximate surface area is 84.0 Å². The van der Waals surface area contributed by atoms with Crippen molar-refractivity contribution in [2.45, 2.75) is 32.4 Å². The molecule has 1 fully saturated rings. The van der Waals surface area contributed by atoms with Crippen molar-refractivity contribution in [3.05, 3.63) is 12.7 Å². The van der Waals surface area contributed by atoms with Gasteiger partial charge in [-0.15, -0.1) is 0 Å². The minimum absolute atomic E-state index is 0.0415. The highest BCUT2D eigenvalue weighted by Crippen LogP contribution is 2.21. The maximum Gasteiger partial charge on any atom is 0.248 e. The lowest BCUT2D eigenvalue weighted by molar-refractivity contribution is -0.134. The number of nitrogens with zero attached hydrogens (tertiary/aromatic N) is 1. The summed E-state index contributed by atoms with van der Waals surface area (Å²) in [7, 11) is 0. The molecular weight excluding hydrogens is 180 g/mol. The first-order valence-corrected chi connectivity index (χ1v) is 4.64. The van der Waals surface area contributed by atoms with Gasteiger partial charge in [0.15, 0.2) is 0 Å². The Bertz CT molecular complexity index is 284. The van der Waals surface area contributed by atoms with Gasteiger partial charge in [-0.25, -0.2) is 0 Å². The van der Waals surface area contributed by atoms with Crippen LogP contribution in [0.2, 0.25) is 0 Å². The molecule has 4 heteroatoms. The smallest absolute Gasteiger partial charge is 0.248 e. The second kappa shape index (κ2) is 3.44. The van der Waals surface area contributed by atoms with Crippen LogP contribution in [0, 0.1) is 0 Å². The average Bonchev–Trinajstić information content (AvgIpc) is 2.80. The van der Waals surface area contributed by atoms with Gasteiger partial charge in [0, 0.05) is 12.6 Å². The first-order chi connectivity index (χ1) is 6.38. The second-order valence-corrected chi connectivity index (χ2v) is 4.12. The van der Waals surface area contributed by atoms with E-state index in [1.807, 2.05) is 6.92 Å². The van der Waals surface area contributed by atoms with Crippen LogP contribution >= 0.6 is 0 Å². The van der Waals surface area contributed by atoms with Crippen LogP contribution in [-0.4, -0.2) is 34.8 Å². The number of hydrogen-bond donors (Lipinski definition) is 1. The van der Waals surface area contributed by atoms with E-state index in [2.05, 4.69) is 11.9 Å². The summed E-state index contributed by atoms with van der Waals surface area (Å²) in [5.74, 6) is -0.363. The summed E-state index contributed by atoms with van der Waals surface area (Å²) in [5.41, 5.74) is -0.837. The van der Waals surface area contributed by atoms with Gasteiger partial charge in [-0.3, -0.25) is 9.59 Å². The molecule has 0 aromatic carbocycles. The van der Waals surface area contributed by atoms with Gasteiger partial charge in [0.05, 0.1) is 0 Å². The summed E-state index contributed by atoms with van der Waals surface area (Å²) in [6.45, 7) is 9.49. The van der Waals surface area contributed by atoms with Crippen molar-refractivity contribution in [1.29, 1.82) is 0 Å². The fourth-order valence-corrected chi connectivity index (χ4v) is 1.29. The quantitative estimate of drug-likeness (QED) is 0.521. The lowest BCUT2D eigenvalue weighted by atomic mass is 10.0. The lowest BCUT2D eigenvalue weighted by Crippen LogP contribution is -2.52. The van der Waals surface area contributed by atoms with E-state index in [1.54, 1.807) is 18.7 Å². The molecule has 1 saturated heterocycles. The van der Waals surface area contributed by atoms with E-state index in [0.29, 0.717) is 6.04 Å². The van der Waals surface area contributed by atoms with Gasteiger partial charge >= 0.3 is 0 Å². The zero-order valence-electron chi connectivity index (χ0n) is 8.83. The van der Waals surface area contributed by atoms with E-state index in [0.717, 1.165) is 6.54 Å². The van der Waals surface area contributed by atoms with E-state index in [4.69, 9.17) is 0 Å². The highest BCUT2D eigenvalue weighted by Gasteiger charge is 2.42. The Morgan fingerprint density at radius 3 is 2.43 bits per heavy atom. The Morgan fingerprint density at radius 2 is 2.07 bits per heavy atom. The second-order valence-electron chi connectivity index (χ2n) is 4.12. The number of carbonyl (C=O) groups excluding carboxylic acids is 2. The van der Waals surface area contributed by atoms with Gasteiger partial charge in [0.1, 0.15) is 5.54 Å². The number of amides is 2. The first-order valence-electron chi connectivity index (χ1n) is 4.64. The van der Waals surface area contributed by atoms with Crippen LogP contribution in [0.25, 0.3) is 0 Å². The molecule has 1 unspecified atom stereocenters. The number of hydrogen-bond acceptors (Lipinski definition) is 2. The van der Waals surface area contributed by atoms with Gasteiger partial charge < -0.3 is 10.2 Å². The molecule has 78 valence electrons. The summed E-state index contributed by atoms with van der Waals surface area (Å²) in [6, 6.07) is 0.308. The SMILES string of the molecule is C=CC(=O)NC(C)(C)C(=O)N1CC1C. The molecule has 0 radical (unpaired) electrons. The molecule has 14 heavy (non-hydrogen) atoms. The summed E-state index contributed by atoms with van der Waals surface area (Å²) in [6.07, 6.45) is 1.17. The maximum absolute atomic E-state index is 11.8. The molecule has 0 saturated carbocycles. The number of carbonyl (C=O) groups is 2. The molecule has 0 aromatic heterocycles. The topological polar surface area (TPSA) is 49.2 Å². The van der Waals surface area contributed by atoms with Crippen molar-refractivity contribution < 1.29 is 9.59 Å². The maximum atomic E-state index is 11.8. The molecule has 1 heterocycles. The molecule has 1 N–H and O–H groups in total. The highest BCUT2D eigenvalue weighted by molar-refractivity contribution is 5.95. The number of rotatable bonds is 3. The van der Waals surface area contributed by atoms with Gasteiger partial charge in [-0.05, 0) is 26.8 Å². The Hall–Kier alpha value is -1.32. The van der Waals surface area contributed by atoms with Gasteiger partial charge in [-0.1, -0.05) is 6.58 Å². The molecule has 0 aliphatic carbocycles. The van der Waals surface area contributed by atoms with E-state index in [1.165, 1.54) is 6.08 Å². The normalized spacial score (nSPS) is 20.2. The lowest BCUT2D eigenvalue weighted by Gasteiger charge is -2.24. The van der Waals surface area contributed by atoms with E-state index >= 15 is 0 Å². The molecule has 4 nitrogen and oxygen atoms in total. The summed E-state index contributed by atoms with van der Waals surface area (Å²) < 4.78 is 0. The molecule has 0 bridgehead atoms. The van der Waals surface area contributed by atoms with Crippen molar-refractivity contribution in [2.24, 2.45) is 0 Å². The average molecular weight is 196 g/mol. The van der Waals surface area contributed by atoms with Crippen LogP contribution < -0.4 is 5.32 Å². The third-order valence-electron chi connectivity index (χ3n) is 2.28. The molecule has 1 aliphatic heterocycles. The Kier molecular flexibility index (Phi) is 2.64. The zero-order chi connectivity index (χ0) is 10.9. The molecule has 0 spiro atoms. The Morgan fingerprint density at radius 1 is 1.57 bits per heavy atom. The van der Waals surface area contributed by atoms with E-state index in [-0.39, 0.29) is 11.8 Å². The summed E-state index contributed by atoms with van der Waals surface area (Å²) in [5, 5.41) is 2.60. The standard InChI is InChI=1S/C10H16N2O2/c1-5-8(13)11-10(3,4)9(14)12-6-7(12)2/h5,7H,1,6H2,2-4H3,(H,11,13). The number of nitrogens with one attached hydrogen (secondary N) is 1. The fourth-order valence-electron chi connectivity index (χ4n) is 1.29. The van der Waals surface area contributed by atoms with Gasteiger partial charge in [0.25, 0.3) is 0 Å². The first kappa shape index (κ1) is 10.8. The van der Waals surface area contributed by atoms with Crippen LogP contribution in [0.5, 0.6) is 0 Å². The molecule has 1 atom stereocenters. The molecule has 2 amide bonds. The van der Waals surface area contributed by atoms with Gasteiger partial charge in [-0.2, -0.15) is 0 Å². The van der Waals surface area contributed by atoms with E-state index < -0.39 is 5.54 Å². The predicted molar refractivity (Wildman–Crippen MR) is 53.6 cm³/mol. The van der Waals surface area contributed by atoms with Crippen LogP contribution in [-0.2, 0) is 9.59 Å². The summed E-state index contributed by atoms with van der Waals surface area (Å²) >= 11 is 0. The minimum Gasteiger partial charge on any atom is -0.339 e. The predicted octanol–water partition coefficient (Wildman–Crippen LogP) is 0.298. The van der Waals surface area contributed by atoms with Crippen LogP contribution in [0.4, 0.5) is 0 Å². The third-order valence-corrected chi connectivity index (χ3v) is 2.28. The molecule has 0 aromatic rings. The minimum atomic E-state index is -0.837. The zero-order valence-corrected chi connectivity index (χ0v) is 8.83. The van der Waals surface area contributed by atoms with Crippen molar-refractivity contribution >= 4 is 11.8 Å². The van der Waals surface area contributed by atoms with Crippen LogP contribution in [0.1, 0.15) is 20.8 Å². The van der Waals surface area contributed by atoms with Crippen molar-refractivity contribution in [2.75, 3.05) is 6.54 Å². The highest BCUT2D eigenvalue weighted by atomic mass is 16.2. The molecule has 1 aliphatic rings. The summed E-state index contributed by atoms with van der Waals surface area (Å²) in [4.78, 5) is 24.5. The van der Waals surface area contributed by atoms with Crippen LogP contribution in [0.3, 0.4) is 0 Å². The van der Waals surface area contributed by atoms with Crippen molar-refractivity contribution in [3.8, 4) is 0 Å². The van der Waals surface area contributed by atoms with Gasteiger partial charge in [0.2, 0.25) is 11.8 Å². The van der Waals surface area contributed by atoms with Crippen molar-refractivity contribution in [1.82, 2.24) is 10.2 Å². The molecular formula is C10H16N2O2. The van der Waals surface area contributed by atoms with Crippen LogP contribution in [0.15, 0.2) is 12.7 Å². The fraction of sp³-hybridized carbons (Fsp3) is 0.600. The molecule has 1 rings (SSSR count). The largest absolute Gasteiger partial charge is 0.339 e. The third kappa shape index (κ3) is 2.13. The Balaban J connectivity index is 2.59. The van der Waals surface area contributed by atoms with E-state index in [9.17, 15) is 9.59 Å².